The van der Waals surface area contributed by atoms with E-state index in [1.807, 2.05) is 55.0 Å². The standard InChI is InChI=1S/C40H27N3.2C34H23N3/c1-3-14-31(15-4-1)43(32-16-5-2-6-17-32)33-24-22-28(23-25-33)29-12-11-13-30(26-29)38-27-41-39-36-20-9-7-18-34(36)35-19-8-10-21-37(35)40(39)42-38;1-3-13-25(14-4-1)37(26-15-5-2-6-16-26)27-17-11-12-24(22-27)32-23-35-33-30-20-9-7-18-28(30)29-19-8-10-21-31(29)34(33)36-32;1-3-11-25(12-4-1)37(26-13-5-2-6-14-26)27-21-19-24(20-22-27)32-23-35-33-30-17-9-7-15-28(30)29-16-8-10-18-31(29)34(33)36-32/h1-27H;2*1-23H. The van der Waals surface area contributed by atoms with Gasteiger partial charge < -0.3 is 14.7 Å². The van der Waals surface area contributed by atoms with Crippen LogP contribution >= 0.6 is 0 Å². The van der Waals surface area contributed by atoms with Crippen LogP contribution in [0.25, 0.3) is 143 Å². The molecule has 0 radical (unpaired) electrons. The summed E-state index contributed by atoms with van der Waals surface area (Å²) < 4.78 is 0. The lowest BCUT2D eigenvalue weighted by Gasteiger charge is -2.25. The summed E-state index contributed by atoms with van der Waals surface area (Å²) in [5.74, 6) is 0. The fourth-order valence-electron chi connectivity index (χ4n) is 16.3. The van der Waals surface area contributed by atoms with Crippen molar-refractivity contribution in [1.82, 2.24) is 29.9 Å². The lowest BCUT2D eigenvalue weighted by atomic mass is 9.99. The van der Waals surface area contributed by atoms with E-state index in [0.29, 0.717) is 0 Å². The molecule has 0 unspecified atom stereocenters. The monoisotopic (exact) mass is 1500 g/mol. The third-order valence-electron chi connectivity index (χ3n) is 21.8. The second-order valence-electron chi connectivity index (χ2n) is 28.9. The van der Waals surface area contributed by atoms with Gasteiger partial charge in [-0.2, -0.15) is 0 Å². The Hall–Kier alpha value is -15.8. The molecule has 0 aliphatic heterocycles. The molecule has 22 aromatic rings. The smallest absolute Gasteiger partial charge is 0.0979 e. The zero-order valence-corrected chi connectivity index (χ0v) is 63.7. The summed E-state index contributed by atoms with van der Waals surface area (Å²) in [7, 11) is 0. The average molecular weight is 1500 g/mol. The maximum Gasteiger partial charge on any atom is 0.0979 e. The summed E-state index contributed by atoms with van der Waals surface area (Å²) in [6.07, 6.45) is 5.70. The summed E-state index contributed by atoms with van der Waals surface area (Å²) in [6.45, 7) is 0. The largest absolute Gasteiger partial charge is 0.311 e. The Kier molecular flexibility index (Phi) is 18.9. The van der Waals surface area contributed by atoms with E-state index < -0.39 is 0 Å². The Morgan fingerprint density at radius 3 is 0.658 bits per heavy atom. The molecule has 0 aliphatic carbocycles. The van der Waals surface area contributed by atoms with Gasteiger partial charge in [0.05, 0.1) is 68.8 Å². The maximum atomic E-state index is 5.19. The molecule has 3 heterocycles. The average Bonchev–Trinajstić information content (AvgIpc) is 0.751. The number of fused-ring (bicyclic) bond motifs is 18. The number of anilines is 9. The number of nitrogens with zero attached hydrogens (tertiary/aromatic N) is 9. The molecule has 0 fully saturated rings. The second kappa shape index (κ2) is 31.4. The number of hydrogen-bond donors (Lipinski definition) is 0. The number of rotatable bonds is 13. The third-order valence-corrected chi connectivity index (χ3v) is 21.8. The van der Waals surface area contributed by atoms with Gasteiger partial charge in [-0.25, -0.2) is 15.0 Å². The van der Waals surface area contributed by atoms with Crippen molar-refractivity contribution in [2.24, 2.45) is 0 Å². The molecule has 550 valence electrons. The van der Waals surface area contributed by atoms with Gasteiger partial charge in [-0.05, 0) is 159 Å². The Balaban J connectivity index is 0.000000113. The van der Waals surface area contributed by atoms with Gasteiger partial charge in [0.15, 0.2) is 0 Å². The summed E-state index contributed by atoms with van der Waals surface area (Å²) in [5, 5.41) is 14.0. The first-order chi connectivity index (χ1) is 58.1. The molecular weight excluding hydrogens is 1420 g/mol. The minimum Gasteiger partial charge on any atom is -0.311 e. The predicted octanol–water partition coefficient (Wildman–Crippen LogP) is 28.9. The summed E-state index contributed by atoms with van der Waals surface area (Å²) in [4.78, 5) is 37.1. The van der Waals surface area contributed by atoms with Gasteiger partial charge in [-0.15, -0.1) is 0 Å². The van der Waals surface area contributed by atoms with E-state index in [-0.39, 0.29) is 0 Å². The summed E-state index contributed by atoms with van der Waals surface area (Å²) >= 11 is 0. The van der Waals surface area contributed by atoms with E-state index in [0.717, 1.165) is 162 Å². The molecule has 117 heavy (non-hydrogen) atoms. The Bertz CT molecular complexity index is 7140. The molecule has 0 bridgehead atoms. The van der Waals surface area contributed by atoms with E-state index in [1.165, 1.54) is 32.3 Å². The van der Waals surface area contributed by atoms with Crippen LogP contribution in [0, 0.1) is 0 Å². The van der Waals surface area contributed by atoms with Crippen LogP contribution in [0.15, 0.2) is 443 Å². The number of para-hydroxylation sites is 6. The van der Waals surface area contributed by atoms with Crippen molar-refractivity contribution in [1.29, 1.82) is 0 Å². The van der Waals surface area contributed by atoms with Crippen LogP contribution in [0.5, 0.6) is 0 Å². The molecule has 0 N–H and O–H groups in total. The van der Waals surface area contributed by atoms with Gasteiger partial charge >= 0.3 is 0 Å². The molecule has 0 atom stereocenters. The van der Waals surface area contributed by atoms with Gasteiger partial charge in [0, 0.05) is 100 Å². The fraction of sp³-hybridized carbons (Fsp3) is 0. The molecule has 0 amide bonds. The first-order valence-electron chi connectivity index (χ1n) is 39.4. The first-order valence-corrected chi connectivity index (χ1v) is 39.4. The predicted molar refractivity (Wildman–Crippen MR) is 489 cm³/mol. The minimum absolute atomic E-state index is 0.857. The third kappa shape index (κ3) is 13.7. The minimum atomic E-state index is 0.857. The Morgan fingerprint density at radius 2 is 0.350 bits per heavy atom. The van der Waals surface area contributed by atoms with Gasteiger partial charge in [-0.3, -0.25) is 15.0 Å². The van der Waals surface area contributed by atoms with Crippen molar-refractivity contribution in [3.63, 3.8) is 0 Å². The molecule has 22 rings (SSSR count). The van der Waals surface area contributed by atoms with Crippen molar-refractivity contribution in [3.05, 3.63) is 443 Å². The van der Waals surface area contributed by atoms with Crippen LogP contribution in [0.2, 0.25) is 0 Å². The second-order valence-corrected chi connectivity index (χ2v) is 28.9. The first kappa shape index (κ1) is 70.3. The Morgan fingerprint density at radius 1 is 0.137 bits per heavy atom. The number of benzene rings is 19. The fourth-order valence-corrected chi connectivity index (χ4v) is 16.3. The van der Waals surface area contributed by atoms with Crippen LogP contribution in [0.1, 0.15) is 0 Å². The molecule has 3 aromatic heterocycles. The summed E-state index contributed by atoms with van der Waals surface area (Å²) in [6, 6.07) is 148. The molecule has 0 spiro atoms. The van der Waals surface area contributed by atoms with Crippen molar-refractivity contribution in [2.75, 3.05) is 14.7 Å². The maximum absolute atomic E-state index is 5.19. The zero-order valence-electron chi connectivity index (χ0n) is 63.7. The normalized spacial score (nSPS) is 11.2. The van der Waals surface area contributed by atoms with Crippen LogP contribution in [0.4, 0.5) is 51.2 Å². The van der Waals surface area contributed by atoms with Gasteiger partial charge in [0.1, 0.15) is 0 Å². The highest BCUT2D eigenvalue weighted by molar-refractivity contribution is 6.25. The molecular formula is C108H73N9. The number of aromatic nitrogens is 6. The van der Waals surface area contributed by atoms with Crippen LogP contribution < -0.4 is 14.7 Å². The van der Waals surface area contributed by atoms with Crippen LogP contribution in [-0.4, -0.2) is 29.9 Å². The lowest BCUT2D eigenvalue weighted by molar-refractivity contribution is 1.27. The van der Waals surface area contributed by atoms with Gasteiger partial charge in [0.25, 0.3) is 0 Å². The van der Waals surface area contributed by atoms with Gasteiger partial charge in [-0.1, -0.05) is 309 Å². The highest BCUT2D eigenvalue weighted by atomic mass is 15.2. The topological polar surface area (TPSA) is 87.1 Å². The highest BCUT2D eigenvalue weighted by Gasteiger charge is 2.21. The van der Waals surface area contributed by atoms with Crippen molar-refractivity contribution < 1.29 is 0 Å². The highest BCUT2D eigenvalue weighted by Crippen LogP contribution is 2.43. The molecule has 9 heteroatoms. The number of hydrogen-bond acceptors (Lipinski definition) is 9. The summed E-state index contributed by atoms with van der Waals surface area (Å²) in [5.41, 5.74) is 23.6. The Labute approximate surface area is 677 Å². The van der Waals surface area contributed by atoms with E-state index in [4.69, 9.17) is 29.9 Å². The SMILES string of the molecule is c1ccc(N(c2ccccc2)c2ccc(-c3cccc(-c4cnc5c6ccccc6c6ccccc6c5n4)c3)cc2)cc1.c1ccc(N(c2ccccc2)c2ccc(-c3cnc4c5ccccc5c5ccccc5c4n3)cc2)cc1.c1ccc(N(c2ccccc2)c2cccc(-c3cnc4c5ccccc5c5ccccc5c4n3)c2)cc1. The molecule has 0 saturated carbocycles. The zero-order chi connectivity index (χ0) is 77.8. The van der Waals surface area contributed by atoms with E-state index in [2.05, 4.69) is 403 Å². The van der Waals surface area contributed by atoms with Crippen molar-refractivity contribution in [3.8, 4) is 44.9 Å². The molecule has 9 nitrogen and oxygen atoms in total. The van der Waals surface area contributed by atoms with Crippen LogP contribution in [-0.2, 0) is 0 Å². The van der Waals surface area contributed by atoms with Gasteiger partial charge in [0.2, 0.25) is 0 Å². The van der Waals surface area contributed by atoms with Crippen molar-refractivity contribution in [2.45, 2.75) is 0 Å². The lowest BCUT2D eigenvalue weighted by Crippen LogP contribution is -2.09. The van der Waals surface area contributed by atoms with Crippen LogP contribution in [0.3, 0.4) is 0 Å². The molecule has 0 aliphatic rings. The van der Waals surface area contributed by atoms with Crippen molar-refractivity contribution >= 4 is 149 Å². The molecule has 0 saturated heterocycles. The quantitative estimate of drug-likeness (QED) is 0.105. The van der Waals surface area contributed by atoms with E-state index in [1.54, 1.807) is 0 Å². The van der Waals surface area contributed by atoms with E-state index >= 15 is 0 Å². The van der Waals surface area contributed by atoms with E-state index in [9.17, 15) is 0 Å². The molecule has 19 aromatic carbocycles.